The molecule has 1 aromatic carbocycles. The van der Waals surface area contributed by atoms with Crippen LogP contribution in [-0.4, -0.2) is 54.0 Å². The highest BCUT2D eigenvalue weighted by atomic mass is 32.1. The van der Waals surface area contributed by atoms with E-state index in [0.717, 1.165) is 98.0 Å². The lowest BCUT2D eigenvalue weighted by atomic mass is 10.1. The van der Waals surface area contributed by atoms with Gasteiger partial charge in [0, 0.05) is 25.1 Å². The number of anilines is 1. The summed E-state index contributed by atoms with van der Waals surface area (Å²) >= 11 is 1.68. The Kier molecular flexibility index (Phi) is 9.06. The molecule has 1 saturated heterocycles. The second-order valence-electron chi connectivity index (χ2n) is 8.38. The molecule has 2 N–H and O–H groups in total. The number of nitrogens with zero attached hydrogens (tertiary/aromatic N) is 3. The number of fused-ring (bicyclic) bond motifs is 1. The van der Waals surface area contributed by atoms with E-state index in [1.54, 1.807) is 16.8 Å². The Balaban J connectivity index is 1.25. The van der Waals surface area contributed by atoms with Gasteiger partial charge in [-0.05, 0) is 48.6 Å². The Labute approximate surface area is 203 Å². The summed E-state index contributed by atoms with van der Waals surface area (Å²) in [5, 5.41) is 10.5. The van der Waals surface area contributed by atoms with Gasteiger partial charge < -0.3 is 14.4 Å². The van der Waals surface area contributed by atoms with E-state index in [9.17, 15) is 4.79 Å². The molecule has 1 aliphatic rings. The quantitative estimate of drug-likeness (QED) is 0.216. The Morgan fingerprint density at radius 1 is 1.03 bits per heavy atom. The number of carbonyl (C=O) groups is 1. The first-order valence-corrected chi connectivity index (χ1v) is 12.9. The number of aromatic nitrogens is 2. The number of ether oxygens (including phenoxy) is 2. The third-order valence-corrected chi connectivity index (χ3v) is 6.80. The predicted molar refractivity (Wildman–Crippen MR) is 134 cm³/mol. The number of benzene rings is 1. The van der Waals surface area contributed by atoms with Gasteiger partial charge in [0.1, 0.15) is 5.75 Å². The van der Waals surface area contributed by atoms with Gasteiger partial charge in [0.25, 0.3) is 0 Å². The van der Waals surface area contributed by atoms with E-state index in [1.807, 2.05) is 24.3 Å². The first kappa shape index (κ1) is 24.4. The summed E-state index contributed by atoms with van der Waals surface area (Å²) in [6.07, 6.45) is 6.51. The van der Waals surface area contributed by atoms with E-state index in [-0.39, 0.29) is 5.91 Å². The summed E-state index contributed by atoms with van der Waals surface area (Å²) in [6.45, 7) is 3.82. The summed E-state index contributed by atoms with van der Waals surface area (Å²) in [7, 11) is 0. The molecule has 0 saturated carbocycles. The van der Waals surface area contributed by atoms with E-state index >= 15 is 0 Å². The van der Waals surface area contributed by atoms with Gasteiger partial charge in [0.15, 0.2) is 11.6 Å². The normalized spacial score (nSPS) is 13.9. The van der Waals surface area contributed by atoms with Crippen molar-refractivity contribution in [2.24, 2.45) is 0 Å². The monoisotopic (exact) mass is 484 g/mol. The van der Waals surface area contributed by atoms with Crippen LogP contribution in [0, 0.1) is 0 Å². The van der Waals surface area contributed by atoms with Gasteiger partial charge in [-0.2, -0.15) is 0 Å². The fraction of sp³-hybridized carbons (Fsp3) is 0.480. The number of rotatable bonds is 12. The van der Waals surface area contributed by atoms with Gasteiger partial charge in [-0.3, -0.25) is 10.0 Å². The summed E-state index contributed by atoms with van der Waals surface area (Å²) in [4.78, 5) is 23.0. The molecule has 1 fully saturated rings. The molecule has 0 aliphatic carbocycles. The van der Waals surface area contributed by atoms with Crippen molar-refractivity contribution in [3.63, 3.8) is 0 Å². The van der Waals surface area contributed by atoms with Gasteiger partial charge in [0.05, 0.1) is 30.0 Å². The van der Waals surface area contributed by atoms with Crippen LogP contribution in [0.3, 0.4) is 0 Å². The van der Waals surface area contributed by atoms with Crippen LogP contribution in [0.15, 0.2) is 35.7 Å². The number of amides is 1. The maximum atomic E-state index is 11.0. The number of hydrogen-bond acceptors (Lipinski definition) is 8. The molecule has 4 rings (SSSR count). The van der Waals surface area contributed by atoms with Crippen LogP contribution >= 0.6 is 11.3 Å². The van der Waals surface area contributed by atoms with Gasteiger partial charge in [-0.15, -0.1) is 11.3 Å². The van der Waals surface area contributed by atoms with E-state index in [0.29, 0.717) is 13.0 Å². The maximum Gasteiger partial charge on any atom is 0.243 e. The molecule has 0 bridgehead atoms. The third-order valence-electron chi connectivity index (χ3n) is 5.90. The topological polar surface area (TPSA) is 96.8 Å². The number of thiophene rings is 1. The van der Waals surface area contributed by atoms with Crippen LogP contribution < -0.4 is 15.1 Å². The van der Waals surface area contributed by atoms with Gasteiger partial charge in [-0.1, -0.05) is 25.7 Å². The Morgan fingerprint density at radius 3 is 2.53 bits per heavy atom. The van der Waals surface area contributed by atoms with Gasteiger partial charge >= 0.3 is 0 Å². The van der Waals surface area contributed by atoms with E-state index in [4.69, 9.17) is 24.6 Å². The zero-order chi connectivity index (χ0) is 23.6. The van der Waals surface area contributed by atoms with Crippen molar-refractivity contribution in [2.45, 2.75) is 44.9 Å². The van der Waals surface area contributed by atoms with Crippen LogP contribution in [0.2, 0.25) is 0 Å². The van der Waals surface area contributed by atoms with Crippen molar-refractivity contribution in [3.8, 4) is 17.1 Å². The van der Waals surface area contributed by atoms with Crippen LogP contribution in [0.4, 0.5) is 5.82 Å². The Morgan fingerprint density at radius 2 is 1.76 bits per heavy atom. The zero-order valence-corrected chi connectivity index (χ0v) is 20.2. The molecule has 182 valence electrons. The number of nitrogens with one attached hydrogen (secondary N) is 1. The number of carbonyl (C=O) groups excluding carboxylic acids is 1. The lowest BCUT2D eigenvalue weighted by molar-refractivity contribution is -0.129. The standard InChI is InChI=1S/C25H32N4O4S/c30-22(28-31)7-5-3-1-2-4-6-15-33-20-10-8-19(9-11-20)24-26-21-12-18-34-23(21)25(27-24)29-13-16-32-17-14-29/h8-12,18,31H,1-7,13-17H2,(H,28,30). The Bertz CT molecular complexity index is 1050. The minimum absolute atomic E-state index is 0.310. The first-order chi connectivity index (χ1) is 16.7. The van der Waals surface area contributed by atoms with E-state index in [2.05, 4.69) is 16.3 Å². The zero-order valence-electron chi connectivity index (χ0n) is 19.4. The molecule has 1 aliphatic heterocycles. The first-order valence-electron chi connectivity index (χ1n) is 12.0. The SMILES string of the molecule is O=C(CCCCCCCCOc1ccc(-c2nc(N3CCOCC3)c3sccc3n2)cc1)NO. The molecule has 34 heavy (non-hydrogen) atoms. The number of hydrogen-bond donors (Lipinski definition) is 2. The van der Waals surface area contributed by atoms with Gasteiger partial charge in [0.2, 0.25) is 5.91 Å². The second kappa shape index (κ2) is 12.6. The van der Waals surface area contributed by atoms with Crippen molar-refractivity contribution in [2.75, 3.05) is 37.8 Å². The lowest BCUT2D eigenvalue weighted by Crippen LogP contribution is -2.36. The van der Waals surface area contributed by atoms with Crippen molar-refractivity contribution in [1.29, 1.82) is 0 Å². The summed E-state index contributed by atoms with van der Waals surface area (Å²) < 4.78 is 12.5. The summed E-state index contributed by atoms with van der Waals surface area (Å²) in [6, 6.07) is 10.1. The summed E-state index contributed by atoms with van der Waals surface area (Å²) in [5.74, 6) is 2.27. The van der Waals surface area contributed by atoms with Crippen LogP contribution in [0.1, 0.15) is 44.9 Å². The molecule has 8 nitrogen and oxygen atoms in total. The van der Waals surface area contributed by atoms with Crippen molar-refractivity contribution in [3.05, 3.63) is 35.7 Å². The average molecular weight is 485 g/mol. The molecule has 0 radical (unpaired) electrons. The second-order valence-corrected chi connectivity index (χ2v) is 9.30. The molecule has 0 unspecified atom stereocenters. The Hall–Kier alpha value is -2.75. The number of hydroxylamine groups is 1. The number of unbranched alkanes of at least 4 members (excludes halogenated alkanes) is 5. The smallest absolute Gasteiger partial charge is 0.243 e. The average Bonchev–Trinajstić information content (AvgIpc) is 3.36. The molecular formula is C25H32N4O4S. The van der Waals surface area contributed by atoms with Crippen LogP contribution in [0.25, 0.3) is 21.6 Å². The minimum atomic E-state index is -0.310. The third kappa shape index (κ3) is 6.65. The largest absolute Gasteiger partial charge is 0.494 e. The molecule has 2 aromatic heterocycles. The fourth-order valence-electron chi connectivity index (χ4n) is 4.01. The van der Waals surface area contributed by atoms with E-state index < -0.39 is 0 Å². The van der Waals surface area contributed by atoms with Crippen LogP contribution in [-0.2, 0) is 9.53 Å². The molecular weight excluding hydrogens is 452 g/mol. The van der Waals surface area contributed by atoms with E-state index in [1.165, 1.54) is 0 Å². The van der Waals surface area contributed by atoms with Crippen molar-refractivity contribution in [1.82, 2.24) is 15.4 Å². The molecule has 1 amide bonds. The summed E-state index contributed by atoms with van der Waals surface area (Å²) in [5.41, 5.74) is 3.62. The highest BCUT2D eigenvalue weighted by Gasteiger charge is 2.18. The number of morpholine rings is 1. The fourth-order valence-corrected chi connectivity index (χ4v) is 4.86. The highest BCUT2D eigenvalue weighted by Crippen LogP contribution is 2.32. The lowest BCUT2D eigenvalue weighted by Gasteiger charge is -2.28. The van der Waals surface area contributed by atoms with Crippen LogP contribution in [0.5, 0.6) is 5.75 Å². The molecule has 0 spiro atoms. The molecule has 3 heterocycles. The predicted octanol–water partition coefficient (Wildman–Crippen LogP) is 4.81. The molecule has 3 aromatic rings. The molecule has 0 atom stereocenters. The minimum Gasteiger partial charge on any atom is -0.494 e. The van der Waals surface area contributed by atoms with Gasteiger partial charge in [-0.25, -0.2) is 15.4 Å². The van der Waals surface area contributed by atoms with Crippen molar-refractivity contribution < 1.29 is 19.5 Å². The highest BCUT2D eigenvalue weighted by molar-refractivity contribution is 7.17. The molecule has 9 heteroatoms. The van der Waals surface area contributed by atoms with Crippen molar-refractivity contribution >= 4 is 33.3 Å². The maximum absolute atomic E-state index is 11.0.